The number of nitrogens with zero attached hydrogens (tertiary/aromatic N) is 2. The van der Waals surface area contributed by atoms with Gasteiger partial charge in [-0.05, 0) is 31.0 Å². The number of halogens is 2. The van der Waals surface area contributed by atoms with Crippen molar-refractivity contribution in [2.75, 3.05) is 11.9 Å². The lowest BCUT2D eigenvalue weighted by atomic mass is 9.82. The molecule has 4 rings (SSSR count). The van der Waals surface area contributed by atoms with Crippen LogP contribution in [0.3, 0.4) is 0 Å². The van der Waals surface area contributed by atoms with Crippen LogP contribution in [0.2, 0.25) is 10.0 Å². The van der Waals surface area contributed by atoms with E-state index in [1.165, 1.54) is 11.3 Å². The van der Waals surface area contributed by atoms with E-state index >= 15 is 0 Å². The molecule has 1 aromatic heterocycles. The molecule has 1 aliphatic carbocycles. The molecule has 1 aromatic carbocycles. The van der Waals surface area contributed by atoms with E-state index in [1.807, 2.05) is 0 Å². The Hall–Kier alpha value is -2.16. The maximum atomic E-state index is 12.8. The molecule has 1 spiro atoms. The average Bonchev–Trinajstić information content (AvgIpc) is 3.21. The summed E-state index contributed by atoms with van der Waals surface area (Å²) in [6, 6.07) is 4.57. The smallest absolute Gasteiger partial charge is 0.323 e. The van der Waals surface area contributed by atoms with Crippen LogP contribution in [0.25, 0.3) is 11.3 Å². The Bertz CT molecular complexity index is 988. The molecule has 1 saturated heterocycles. The predicted molar refractivity (Wildman–Crippen MR) is 112 cm³/mol. The van der Waals surface area contributed by atoms with Crippen LogP contribution < -0.4 is 10.6 Å². The molecule has 2 aromatic rings. The second-order valence-electron chi connectivity index (χ2n) is 7.17. The zero-order valence-electron chi connectivity index (χ0n) is 15.3. The molecular weight excluding hydrogens is 435 g/mol. The second kappa shape index (κ2) is 7.93. The van der Waals surface area contributed by atoms with E-state index in [9.17, 15) is 14.4 Å². The first-order valence-electron chi connectivity index (χ1n) is 9.23. The molecule has 7 nitrogen and oxygen atoms in total. The van der Waals surface area contributed by atoms with Crippen LogP contribution in [-0.2, 0) is 9.59 Å². The van der Waals surface area contributed by atoms with E-state index in [1.54, 1.807) is 23.6 Å². The van der Waals surface area contributed by atoms with Crippen molar-refractivity contribution >= 4 is 57.5 Å². The number of imide groups is 1. The molecule has 2 heterocycles. The highest BCUT2D eigenvalue weighted by Crippen LogP contribution is 2.34. The van der Waals surface area contributed by atoms with Gasteiger partial charge in [0.25, 0.3) is 5.91 Å². The van der Waals surface area contributed by atoms with Gasteiger partial charge in [0.15, 0.2) is 5.13 Å². The molecule has 4 amide bonds. The Balaban J connectivity index is 1.42. The monoisotopic (exact) mass is 452 g/mol. The van der Waals surface area contributed by atoms with Gasteiger partial charge in [-0.2, -0.15) is 0 Å². The minimum Gasteiger partial charge on any atom is -0.323 e. The van der Waals surface area contributed by atoms with Crippen LogP contribution in [0.4, 0.5) is 9.93 Å². The van der Waals surface area contributed by atoms with E-state index in [0.29, 0.717) is 39.3 Å². The Kier molecular flexibility index (Phi) is 5.50. The maximum Gasteiger partial charge on any atom is 0.325 e. The third kappa shape index (κ3) is 3.97. The van der Waals surface area contributed by atoms with E-state index in [0.717, 1.165) is 24.2 Å². The topological polar surface area (TPSA) is 91.4 Å². The summed E-state index contributed by atoms with van der Waals surface area (Å²) in [4.78, 5) is 42.8. The van der Waals surface area contributed by atoms with Crippen molar-refractivity contribution in [3.63, 3.8) is 0 Å². The van der Waals surface area contributed by atoms with Crippen molar-refractivity contribution < 1.29 is 14.4 Å². The molecule has 0 radical (unpaired) electrons. The van der Waals surface area contributed by atoms with Crippen molar-refractivity contribution in [1.29, 1.82) is 0 Å². The molecule has 0 unspecified atom stereocenters. The van der Waals surface area contributed by atoms with Gasteiger partial charge in [0, 0.05) is 16.0 Å². The van der Waals surface area contributed by atoms with Crippen LogP contribution >= 0.6 is 34.5 Å². The number of urea groups is 1. The van der Waals surface area contributed by atoms with Gasteiger partial charge in [0.05, 0.1) is 10.7 Å². The molecule has 0 bridgehead atoms. The molecule has 152 valence electrons. The number of carbonyl (C=O) groups is 3. The Labute approximate surface area is 181 Å². The number of aromatic nitrogens is 1. The zero-order chi connectivity index (χ0) is 20.6. The van der Waals surface area contributed by atoms with Crippen molar-refractivity contribution in [3.8, 4) is 11.3 Å². The van der Waals surface area contributed by atoms with Gasteiger partial charge in [-0.25, -0.2) is 9.78 Å². The molecule has 2 aliphatic rings. The van der Waals surface area contributed by atoms with Gasteiger partial charge < -0.3 is 10.6 Å². The summed E-state index contributed by atoms with van der Waals surface area (Å²) in [5.41, 5.74) is 0.458. The molecular formula is C19H18Cl2N4O3S. The summed E-state index contributed by atoms with van der Waals surface area (Å²) >= 11 is 13.3. The van der Waals surface area contributed by atoms with Crippen molar-refractivity contribution in [3.05, 3.63) is 33.6 Å². The quantitative estimate of drug-likeness (QED) is 0.675. The number of nitrogens with one attached hydrogen (secondary N) is 2. The lowest BCUT2D eigenvalue weighted by Gasteiger charge is -2.30. The van der Waals surface area contributed by atoms with Crippen LogP contribution in [0.5, 0.6) is 0 Å². The molecule has 2 fully saturated rings. The number of thiazole rings is 1. The van der Waals surface area contributed by atoms with Gasteiger partial charge in [-0.3, -0.25) is 14.5 Å². The third-order valence-corrected chi connectivity index (χ3v) is 6.52. The highest BCUT2D eigenvalue weighted by Gasteiger charge is 2.51. The van der Waals surface area contributed by atoms with Gasteiger partial charge in [-0.1, -0.05) is 42.5 Å². The minimum atomic E-state index is -0.838. The van der Waals surface area contributed by atoms with E-state index in [4.69, 9.17) is 23.2 Å². The molecule has 1 saturated carbocycles. The van der Waals surface area contributed by atoms with Crippen LogP contribution in [0.1, 0.15) is 32.1 Å². The molecule has 29 heavy (non-hydrogen) atoms. The van der Waals surface area contributed by atoms with Crippen LogP contribution in [0.15, 0.2) is 23.6 Å². The normalized spacial score (nSPS) is 18.2. The SMILES string of the molecule is O=C(CN1C(=O)NC2(CCCCC2)C1=O)Nc1nc(-c2ccc(Cl)cc2Cl)cs1. The average molecular weight is 453 g/mol. The van der Waals surface area contributed by atoms with Gasteiger partial charge in [0.1, 0.15) is 12.1 Å². The first-order valence-corrected chi connectivity index (χ1v) is 10.9. The van der Waals surface area contributed by atoms with Gasteiger partial charge in [-0.15, -0.1) is 11.3 Å². The van der Waals surface area contributed by atoms with E-state index in [2.05, 4.69) is 15.6 Å². The highest BCUT2D eigenvalue weighted by atomic mass is 35.5. The van der Waals surface area contributed by atoms with Crippen LogP contribution in [-0.4, -0.2) is 39.8 Å². The highest BCUT2D eigenvalue weighted by molar-refractivity contribution is 7.14. The van der Waals surface area contributed by atoms with Crippen LogP contribution in [0, 0.1) is 0 Å². The number of carbonyl (C=O) groups excluding carboxylic acids is 3. The summed E-state index contributed by atoms with van der Waals surface area (Å²) < 4.78 is 0. The Morgan fingerprint density at radius 3 is 2.72 bits per heavy atom. The maximum absolute atomic E-state index is 12.8. The third-order valence-electron chi connectivity index (χ3n) is 5.21. The summed E-state index contributed by atoms with van der Waals surface area (Å²) in [5, 5.41) is 8.53. The number of hydrogen-bond acceptors (Lipinski definition) is 5. The first-order chi connectivity index (χ1) is 13.9. The molecule has 0 atom stereocenters. The fourth-order valence-corrected chi connectivity index (χ4v) is 5.00. The molecule has 10 heteroatoms. The second-order valence-corrected chi connectivity index (χ2v) is 8.88. The molecule has 1 aliphatic heterocycles. The number of amides is 4. The fraction of sp³-hybridized carbons (Fsp3) is 0.368. The summed E-state index contributed by atoms with van der Waals surface area (Å²) in [5.74, 6) is -0.797. The van der Waals surface area contributed by atoms with Crippen molar-refractivity contribution in [2.24, 2.45) is 0 Å². The van der Waals surface area contributed by atoms with Gasteiger partial charge in [0.2, 0.25) is 5.91 Å². The standard InChI is InChI=1S/C19H18Cl2N4O3S/c20-11-4-5-12(13(21)8-11)14-10-29-17(22-14)23-15(26)9-25-16(27)19(24-18(25)28)6-2-1-3-7-19/h4-5,8,10H,1-3,6-7,9H2,(H,24,28)(H,22,23,26). The summed E-state index contributed by atoms with van der Waals surface area (Å²) in [6.45, 7) is -0.344. The number of hydrogen-bond donors (Lipinski definition) is 2. The number of benzene rings is 1. The lowest BCUT2D eigenvalue weighted by molar-refractivity contribution is -0.134. The summed E-state index contributed by atoms with van der Waals surface area (Å²) in [6.07, 6.45) is 4.07. The zero-order valence-corrected chi connectivity index (χ0v) is 17.7. The van der Waals surface area contributed by atoms with Crippen molar-refractivity contribution in [1.82, 2.24) is 15.2 Å². The lowest BCUT2D eigenvalue weighted by Crippen LogP contribution is -2.48. The van der Waals surface area contributed by atoms with E-state index < -0.39 is 17.5 Å². The number of rotatable bonds is 4. The Morgan fingerprint density at radius 1 is 1.24 bits per heavy atom. The Morgan fingerprint density at radius 2 is 2.00 bits per heavy atom. The van der Waals surface area contributed by atoms with Crippen molar-refractivity contribution in [2.45, 2.75) is 37.6 Å². The minimum absolute atomic E-state index is 0.315. The fourth-order valence-electron chi connectivity index (χ4n) is 3.77. The predicted octanol–water partition coefficient (Wildman–Crippen LogP) is 4.31. The van der Waals surface area contributed by atoms with Gasteiger partial charge >= 0.3 is 6.03 Å². The largest absolute Gasteiger partial charge is 0.325 e. The molecule has 2 N–H and O–H groups in total. The summed E-state index contributed by atoms with van der Waals surface area (Å²) in [7, 11) is 0. The first kappa shape index (κ1) is 20.1. The number of anilines is 1. The van der Waals surface area contributed by atoms with E-state index in [-0.39, 0.29) is 12.5 Å².